The molecular formula is C24H23ClFNO4. The Bertz CT molecular complexity index is 1190. The molecule has 1 amide bonds. The summed E-state index contributed by atoms with van der Waals surface area (Å²) in [6.07, 6.45) is 1.46. The smallest absolute Gasteiger partial charge is 0.336 e. The Morgan fingerprint density at radius 2 is 2.03 bits per heavy atom. The minimum atomic E-state index is -0.663. The van der Waals surface area contributed by atoms with Gasteiger partial charge in [-0.2, -0.15) is 0 Å². The normalized spacial score (nSPS) is 17.5. The summed E-state index contributed by atoms with van der Waals surface area (Å²) in [5.74, 6) is 0.388. The Balaban J connectivity index is 1.62. The molecule has 1 aromatic heterocycles. The highest BCUT2D eigenvalue weighted by Gasteiger charge is 2.26. The molecule has 4 rings (SSSR count). The van der Waals surface area contributed by atoms with E-state index in [2.05, 4.69) is 6.92 Å². The van der Waals surface area contributed by atoms with Crippen LogP contribution in [0.1, 0.15) is 26.7 Å². The molecule has 2 atom stereocenters. The summed E-state index contributed by atoms with van der Waals surface area (Å²) in [7, 11) is 0. The van der Waals surface area contributed by atoms with E-state index in [0.717, 1.165) is 25.9 Å². The lowest BCUT2D eigenvalue weighted by atomic mass is 10.00. The van der Waals surface area contributed by atoms with Gasteiger partial charge in [0.15, 0.2) is 6.10 Å². The number of fused-ring (bicyclic) bond motifs is 1. The monoisotopic (exact) mass is 443 g/mol. The van der Waals surface area contributed by atoms with Crippen molar-refractivity contribution >= 4 is 28.5 Å². The third kappa shape index (κ3) is 4.59. The SMILES string of the molecule is CC1CCCN(C(=O)C(C)Oc2ccc3c(-c4ccc(F)cc4Cl)cc(=O)oc3c2)C1. The van der Waals surface area contributed by atoms with Crippen LogP contribution in [0.25, 0.3) is 22.1 Å². The Morgan fingerprint density at radius 1 is 1.23 bits per heavy atom. The molecule has 0 N–H and O–H groups in total. The molecule has 2 heterocycles. The number of benzene rings is 2. The number of rotatable bonds is 4. The van der Waals surface area contributed by atoms with Gasteiger partial charge in [-0.15, -0.1) is 0 Å². The fourth-order valence-corrected chi connectivity index (χ4v) is 4.32. The first-order chi connectivity index (χ1) is 14.8. The van der Waals surface area contributed by atoms with Crippen LogP contribution in [-0.4, -0.2) is 30.0 Å². The summed E-state index contributed by atoms with van der Waals surface area (Å²) in [5.41, 5.74) is 0.796. The van der Waals surface area contributed by atoms with Gasteiger partial charge in [-0.25, -0.2) is 9.18 Å². The number of carbonyl (C=O) groups excluding carboxylic acids is 1. The first-order valence-corrected chi connectivity index (χ1v) is 10.7. The topological polar surface area (TPSA) is 59.8 Å². The number of nitrogens with zero attached hydrogens (tertiary/aromatic N) is 1. The number of hydrogen-bond acceptors (Lipinski definition) is 4. The second-order valence-corrected chi connectivity index (χ2v) is 8.46. The zero-order valence-electron chi connectivity index (χ0n) is 17.4. The zero-order valence-corrected chi connectivity index (χ0v) is 18.1. The van der Waals surface area contributed by atoms with Crippen molar-refractivity contribution in [1.29, 1.82) is 0 Å². The first kappa shape index (κ1) is 21.4. The second kappa shape index (κ2) is 8.71. The number of amides is 1. The molecule has 162 valence electrons. The van der Waals surface area contributed by atoms with Crippen LogP contribution in [0.2, 0.25) is 5.02 Å². The molecule has 1 fully saturated rings. The molecule has 1 saturated heterocycles. The average Bonchev–Trinajstić information content (AvgIpc) is 2.72. The molecule has 2 aromatic carbocycles. The number of carbonyl (C=O) groups is 1. The number of hydrogen-bond donors (Lipinski definition) is 0. The summed E-state index contributed by atoms with van der Waals surface area (Å²) in [6, 6.07) is 10.4. The molecule has 0 spiro atoms. The third-order valence-corrected chi connectivity index (χ3v) is 5.88. The predicted octanol–water partition coefficient (Wildman–Crippen LogP) is 5.28. The van der Waals surface area contributed by atoms with Crippen LogP contribution in [-0.2, 0) is 4.79 Å². The van der Waals surface area contributed by atoms with E-state index in [1.165, 1.54) is 24.3 Å². The number of ether oxygens (including phenoxy) is 1. The lowest BCUT2D eigenvalue weighted by molar-refractivity contribution is -0.139. The predicted molar refractivity (Wildman–Crippen MR) is 118 cm³/mol. The summed E-state index contributed by atoms with van der Waals surface area (Å²) in [5, 5.41) is 0.825. The lowest BCUT2D eigenvalue weighted by Gasteiger charge is -2.32. The van der Waals surface area contributed by atoms with E-state index in [0.29, 0.717) is 33.8 Å². The van der Waals surface area contributed by atoms with Crippen LogP contribution in [0.3, 0.4) is 0 Å². The van der Waals surface area contributed by atoms with Crippen LogP contribution < -0.4 is 10.4 Å². The highest BCUT2D eigenvalue weighted by atomic mass is 35.5. The van der Waals surface area contributed by atoms with E-state index in [4.69, 9.17) is 20.8 Å². The van der Waals surface area contributed by atoms with Gasteiger partial charge < -0.3 is 14.1 Å². The maximum atomic E-state index is 13.4. The average molecular weight is 444 g/mol. The Labute approximate surface area is 184 Å². The van der Waals surface area contributed by atoms with E-state index in [9.17, 15) is 14.0 Å². The Morgan fingerprint density at radius 3 is 2.77 bits per heavy atom. The number of piperidine rings is 1. The van der Waals surface area contributed by atoms with Crippen molar-refractivity contribution < 1.29 is 18.3 Å². The largest absolute Gasteiger partial charge is 0.481 e. The highest BCUT2D eigenvalue weighted by molar-refractivity contribution is 6.33. The van der Waals surface area contributed by atoms with Crippen molar-refractivity contribution in [3.63, 3.8) is 0 Å². The van der Waals surface area contributed by atoms with Crippen molar-refractivity contribution in [3.05, 3.63) is 63.7 Å². The van der Waals surface area contributed by atoms with Gasteiger partial charge in [0.05, 0.1) is 5.02 Å². The van der Waals surface area contributed by atoms with Crippen LogP contribution in [0.5, 0.6) is 5.75 Å². The fourth-order valence-electron chi connectivity index (χ4n) is 4.05. The number of halogens is 2. The molecule has 2 unspecified atom stereocenters. The lowest BCUT2D eigenvalue weighted by Crippen LogP contribution is -2.45. The maximum absolute atomic E-state index is 13.4. The van der Waals surface area contributed by atoms with Gasteiger partial charge in [0.1, 0.15) is 17.1 Å². The van der Waals surface area contributed by atoms with E-state index in [1.54, 1.807) is 25.1 Å². The quantitative estimate of drug-likeness (QED) is 0.515. The van der Waals surface area contributed by atoms with E-state index < -0.39 is 17.5 Å². The molecule has 0 saturated carbocycles. The Kier molecular flexibility index (Phi) is 6.01. The van der Waals surface area contributed by atoms with Gasteiger partial charge in [0.25, 0.3) is 5.91 Å². The molecule has 1 aliphatic rings. The highest BCUT2D eigenvalue weighted by Crippen LogP contribution is 2.34. The van der Waals surface area contributed by atoms with Crippen molar-refractivity contribution in [2.24, 2.45) is 5.92 Å². The summed E-state index contributed by atoms with van der Waals surface area (Å²) in [6.45, 7) is 5.34. The van der Waals surface area contributed by atoms with Crippen molar-refractivity contribution in [2.45, 2.75) is 32.8 Å². The molecule has 0 radical (unpaired) electrons. The second-order valence-electron chi connectivity index (χ2n) is 8.05. The van der Waals surface area contributed by atoms with Crippen LogP contribution in [0, 0.1) is 11.7 Å². The molecule has 0 aliphatic carbocycles. The zero-order chi connectivity index (χ0) is 22.1. The molecule has 0 bridgehead atoms. The standard InChI is InChI=1S/C24H23ClFNO4/c1-14-4-3-9-27(13-14)24(29)15(2)30-17-6-8-19-20(12-23(28)31-22(19)11-17)18-7-5-16(26)10-21(18)25/h5-8,10-12,14-15H,3-4,9,13H2,1-2H3. The third-order valence-electron chi connectivity index (χ3n) is 5.57. The summed E-state index contributed by atoms with van der Waals surface area (Å²) >= 11 is 6.20. The van der Waals surface area contributed by atoms with Crippen LogP contribution >= 0.6 is 11.6 Å². The van der Waals surface area contributed by atoms with Crippen LogP contribution in [0.15, 0.2) is 51.7 Å². The maximum Gasteiger partial charge on any atom is 0.336 e. The van der Waals surface area contributed by atoms with E-state index in [-0.39, 0.29) is 10.9 Å². The molecular weight excluding hydrogens is 421 g/mol. The molecule has 5 nitrogen and oxygen atoms in total. The van der Waals surface area contributed by atoms with Gasteiger partial charge in [-0.3, -0.25) is 4.79 Å². The van der Waals surface area contributed by atoms with Gasteiger partial charge >= 0.3 is 5.63 Å². The minimum Gasteiger partial charge on any atom is -0.481 e. The van der Waals surface area contributed by atoms with Gasteiger partial charge in [0.2, 0.25) is 0 Å². The molecule has 1 aliphatic heterocycles. The van der Waals surface area contributed by atoms with Gasteiger partial charge in [-0.05, 0) is 56.0 Å². The van der Waals surface area contributed by atoms with Crippen LogP contribution in [0.4, 0.5) is 4.39 Å². The van der Waals surface area contributed by atoms with E-state index >= 15 is 0 Å². The fraction of sp³-hybridized carbons (Fsp3) is 0.333. The van der Waals surface area contributed by atoms with Crippen molar-refractivity contribution in [1.82, 2.24) is 4.90 Å². The summed E-state index contributed by atoms with van der Waals surface area (Å²) < 4.78 is 24.7. The van der Waals surface area contributed by atoms with E-state index in [1.807, 2.05) is 4.90 Å². The summed E-state index contributed by atoms with van der Waals surface area (Å²) in [4.78, 5) is 26.7. The van der Waals surface area contributed by atoms with Crippen molar-refractivity contribution in [2.75, 3.05) is 13.1 Å². The molecule has 31 heavy (non-hydrogen) atoms. The van der Waals surface area contributed by atoms with Gasteiger partial charge in [0, 0.05) is 41.7 Å². The number of likely N-dealkylation sites (tertiary alicyclic amines) is 1. The van der Waals surface area contributed by atoms with Gasteiger partial charge in [-0.1, -0.05) is 18.5 Å². The molecule has 3 aromatic rings. The molecule has 7 heteroatoms. The first-order valence-electron chi connectivity index (χ1n) is 10.3. The minimum absolute atomic E-state index is 0.0556. The van der Waals surface area contributed by atoms with Crippen molar-refractivity contribution in [3.8, 4) is 16.9 Å². The Hall–Kier alpha value is -2.86.